The van der Waals surface area contributed by atoms with Crippen molar-refractivity contribution < 1.29 is 8.42 Å². The molecule has 96 valence electrons. The molecular weight excluding hydrogens is 238 g/mol. The van der Waals surface area contributed by atoms with E-state index in [-0.39, 0.29) is 0 Å². The van der Waals surface area contributed by atoms with E-state index in [1.807, 2.05) is 0 Å². The predicted octanol–water partition coefficient (Wildman–Crippen LogP) is 1.10. The number of hydrogen-bond acceptors (Lipinski definition) is 3. The lowest BCUT2D eigenvalue weighted by Gasteiger charge is -2.36. The van der Waals surface area contributed by atoms with Gasteiger partial charge in [0.2, 0.25) is 0 Å². The third-order valence-corrected chi connectivity index (χ3v) is 5.59. The quantitative estimate of drug-likeness (QED) is 0.744. The Bertz CT molecular complexity index is 395. The van der Waals surface area contributed by atoms with Gasteiger partial charge in [-0.05, 0) is 32.1 Å². The van der Waals surface area contributed by atoms with E-state index in [0.29, 0.717) is 26.1 Å². The van der Waals surface area contributed by atoms with Crippen molar-refractivity contribution in [3.8, 4) is 6.07 Å². The summed E-state index contributed by atoms with van der Waals surface area (Å²) < 4.78 is 27.8. The maximum absolute atomic E-state index is 12.4. The smallest absolute Gasteiger partial charge is 0.197 e. The van der Waals surface area contributed by atoms with Crippen molar-refractivity contribution in [3.05, 3.63) is 0 Å². The molecule has 2 fully saturated rings. The second kappa shape index (κ2) is 5.34. The average molecular weight is 257 g/mol. The molecule has 5 nitrogen and oxygen atoms in total. The zero-order chi connectivity index (χ0) is 12.3. The summed E-state index contributed by atoms with van der Waals surface area (Å²) in [5, 5.41) is 9.05. The lowest BCUT2D eigenvalue weighted by Crippen LogP contribution is -2.51. The van der Waals surface area contributed by atoms with Gasteiger partial charge >= 0.3 is 0 Å². The molecule has 0 saturated carbocycles. The lowest BCUT2D eigenvalue weighted by atomic mass is 10.1. The molecule has 0 bridgehead atoms. The second-order valence-corrected chi connectivity index (χ2v) is 6.60. The van der Waals surface area contributed by atoms with Crippen LogP contribution in [0.25, 0.3) is 0 Å². The summed E-state index contributed by atoms with van der Waals surface area (Å²) in [7, 11) is -3.40. The normalized spacial score (nSPS) is 28.8. The first-order valence-corrected chi connectivity index (χ1v) is 7.72. The highest BCUT2D eigenvalue weighted by Crippen LogP contribution is 2.24. The van der Waals surface area contributed by atoms with Crippen LogP contribution < -0.4 is 0 Å². The van der Waals surface area contributed by atoms with Gasteiger partial charge in [0.05, 0.1) is 6.07 Å². The molecule has 0 radical (unpaired) electrons. The third kappa shape index (κ3) is 2.62. The number of piperidine rings is 2. The molecule has 0 aromatic rings. The van der Waals surface area contributed by atoms with Crippen molar-refractivity contribution in [2.24, 2.45) is 0 Å². The van der Waals surface area contributed by atoms with Crippen LogP contribution in [0.15, 0.2) is 0 Å². The summed E-state index contributed by atoms with van der Waals surface area (Å²) in [6, 6.07) is 1.66. The summed E-state index contributed by atoms with van der Waals surface area (Å²) in [6.07, 6.45) is 5.46. The molecule has 0 aromatic heterocycles. The van der Waals surface area contributed by atoms with Crippen molar-refractivity contribution >= 4 is 10.2 Å². The molecule has 2 rings (SSSR count). The Hall–Kier alpha value is -0.640. The molecule has 6 heteroatoms. The van der Waals surface area contributed by atoms with Crippen molar-refractivity contribution in [3.63, 3.8) is 0 Å². The van der Waals surface area contributed by atoms with Crippen LogP contribution in [0.3, 0.4) is 0 Å². The Morgan fingerprint density at radius 1 is 1.00 bits per heavy atom. The van der Waals surface area contributed by atoms with Crippen molar-refractivity contribution in [1.29, 1.82) is 5.26 Å². The molecule has 1 atom stereocenters. The molecule has 2 saturated heterocycles. The van der Waals surface area contributed by atoms with Gasteiger partial charge in [-0.1, -0.05) is 6.42 Å². The van der Waals surface area contributed by atoms with Crippen LogP contribution in [-0.2, 0) is 10.2 Å². The fourth-order valence-corrected chi connectivity index (χ4v) is 4.40. The van der Waals surface area contributed by atoms with Gasteiger partial charge < -0.3 is 0 Å². The van der Waals surface area contributed by atoms with Gasteiger partial charge in [0, 0.05) is 19.6 Å². The van der Waals surface area contributed by atoms with Crippen LogP contribution >= 0.6 is 0 Å². The zero-order valence-electron chi connectivity index (χ0n) is 10.0. The first-order valence-electron chi connectivity index (χ1n) is 6.33. The summed E-state index contributed by atoms with van der Waals surface area (Å²) in [6.45, 7) is 1.71. The largest absolute Gasteiger partial charge is 0.283 e. The molecule has 1 unspecified atom stereocenters. The monoisotopic (exact) mass is 257 g/mol. The second-order valence-electron chi connectivity index (χ2n) is 4.72. The van der Waals surface area contributed by atoms with Gasteiger partial charge in [0.15, 0.2) is 0 Å². The number of nitrogens with zero attached hydrogens (tertiary/aromatic N) is 3. The van der Waals surface area contributed by atoms with Crippen LogP contribution in [-0.4, -0.2) is 42.7 Å². The molecular formula is C11H19N3O2S. The van der Waals surface area contributed by atoms with Crippen LogP contribution in [0.4, 0.5) is 0 Å². The van der Waals surface area contributed by atoms with Gasteiger partial charge in [-0.15, -0.1) is 0 Å². The minimum absolute atomic E-state index is 0.462. The molecule has 0 aromatic carbocycles. The van der Waals surface area contributed by atoms with Crippen molar-refractivity contribution in [1.82, 2.24) is 8.61 Å². The molecule has 0 N–H and O–H groups in total. The van der Waals surface area contributed by atoms with Crippen LogP contribution in [0.1, 0.15) is 38.5 Å². The number of nitriles is 1. The Balaban J connectivity index is 2.15. The minimum Gasteiger partial charge on any atom is -0.197 e. The molecule has 2 aliphatic rings. The summed E-state index contributed by atoms with van der Waals surface area (Å²) in [4.78, 5) is 0. The van der Waals surface area contributed by atoms with E-state index in [9.17, 15) is 8.42 Å². The molecule has 17 heavy (non-hydrogen) atoms. The average Bonchev–Trinajstić information content (AvgIpc) is 2.39. The summed E-state index contributed by atoms with van der Waals surface area (Å²) in [5.74, 6) is 0. The Morgan fingerprint density at radius 2 is 1.65 bits per heavy atom. The highest BCUT2D eigenvalue weighted by molar-refractivity contribution is 7.86. The third-order valence-electron chi connectivity index (χ3n) is 3.54. The van der Waals surface area contributed by atoms with Gasteiger partial charge in [-0.25, -0.2) is 0 Å². The van der Waals surface area contributed by atoms with E-state index in [2.05, 4.69) is 6.07 Å². The predicted molar refractivity (Wildman–Crippen MR) is 64.3 cm³/mol. The maximum Gasteiger partial charge on any atom is 0.283 e. The van der Waals surface area contributed by atoms with Crippen LogP contribution in [0, 0.1) is 11.3 Å². The van der Waals surface area contributed by atoms with Gasteiger partial charge in [-0.3, -0.25) is 0 Å². The summed E-state index contributed by atoms with van der Waals surface area (Å²) in [5.41, 5.74) is 0. The standard InChI is InChI=1S/C11H19N3O2S/c12-10-11-6-2-5-9-14(11)17(15,16)13-7-3-1-4-8-13/h11H,1-9H2. The molecule has 0 spiro atoms. The van der Waals surface area contributed by atoms with E-state index in [1.165, 1.54) is 4.31 Å². The van der Waals surface area contributed by atoms with Crippen LogP contribution in [0.2, 0.25) is 0 Å². The zero-order valence-corrected chi connectivity index (χ0v) is 10.8. The highest BCUT2D eigenvalue weighted by atomic mass is 32.2. The lowest BCUT2D eigenvalue weighted by molar-refractivity contribution is 0.254. The van der Waals surface area contributed by atoms with Crippen molar-refractivity contribution in [2.75, 3.05) is 19.6 Å². The highest BCUT2D eigenvalue weighted by Gasteiger charge is 2.36. The van der Waals surface area contributed by atoms with E-state index >= 15 is 0 Å². The van der Waals surface area contributed by atoms with E-state index in [0.717, 1.165) is 32.1 Å². The molecule has 0 amide bonds. The minimum atomic E-state index is -3.40. The van der Waals surface area contributed by atoms with Gasteiger partial charge in [0.25, 0.3) is 10.2 Å². The van der Waals surface area contributed by atoms with Crippen molar-refractivity contribution in [2.45, 2.75) is 44.6 Å². The van der Waals surface area contributed by atoms with Gasteiger partial charge in [0.1, 0.15) is 6.04 Å². The fraction of sp³-hybridized carbons (Fsp3) is 0.909. The number of rotatable bonds is 2. The van der Waals surface area contributed by atoms with E-state index in [1.54, 1.807) is 4.31 Å². The fourth-order valence-electron chi connectivity index (χ4n) is 2.55. The first kappa shape index (κ1) is 12.8. The van der Waals surface area contributed by atoms with Crippen LogP contribution in [0.5, 0.6) is 0 Å². The Morgan fingerprint density at radius 3 is 2.29 bits per heavy atom. The number of hydrogen-bond donors (Lipinski definition) is 0. The maximum atomic E-state index is 12.4. The Labute approximate surface area is 103 Å². The molecule has 0 aliphatic carbocycles. The van der Waals surface area contributed by atoms with E-state index in [4.69, 9.17) is 5.26 Å². The van der Waals surface area contributed by atoms with E-state index < -0.39 is 16.3 Å². The first-order chi connectivity index (χ1) is 8.16. The SMILES string of the molecule is N#CC1CCCCN1S(=O)(=O)N1CCCCC1. The summed E-state index contributed by atoms with van der Waals surface area (Å²) >= 11 is 0. The molecule has 2 heterocycles. The van der Waals surface area contributed by atoms with Gasteiger partial charge in [-0.2, -0.15) is 22.3 Å². The topological polar surface area (TPSA) is 64.4 Å². The molecule has 2 aliphatic heterocycles. The Kier molecular flexibility index (Phi) is 4.02.